The van der Waals surface area contributed by atoms with E-state index in [2.05, 4.69) is 5.32 Å². The number of nitrogens with one attached hydrogen (secondary N) is 2. The lowest BCUT2D eigenvalue weighted by atomic mass is 9.60. The molecule has 1 atom stereocenters. The van der Waals surface area contributed by atoms with Crippen molar-refractivity contribution in [3.63, 3.8) is 0 Å². The fourth-order valence-electron chi connectivity index (χ4n) is 4.24. The Balaban J connectivity index is 2.04. The van der Waals surface area contributed by atoms with Crippen LogP contribution < -0.4 is 11.1 Å². The molecule has 1 unspecified atom stereocenters. The van der Waals surface area contributed by atoms with Crippen LogP contribution in [0.3, 0.4) is 0 Å². The Morgan fingerprint density at radius 2 is 1.92 bits per heavy atom. The quantitative estimate of drug-likeness (QED) is 0.719. The summed E-state index contributed by atoms with van der Waals surface area (Å²) in [7, 11) is 0. The largest absolute Gasteiger partial charge is 0.447 e. The highest BCUT2D eigenvalue weighted by Gasteiger charge is 2.53. The molecule has 3 rings (SSSR count). The number of thiocarbonyl (C=S) groups is 1. The minimum absolute atomic E-state index is 0.0585. The van der Waals surface area contributed by atoms with Crippen LogP contribution in [0.5, 0.6) is 0 Å². The van der Waals surface area contributed by atoms with Crippen molar-refractivity contribution in [2.75, 3.05) is 5.32 Å². The van der Waals surface area contributed by atoms with Gasteiger partial charge in [-0.1, -0.05) is 49.7 Å². The summed E-state index contributed by atoms with van der Waals surface area (Å²) in [6, 6.07) is 9.34. The second-order valence-corrected chi connectivity index (χ2v) is 7.24. The minimum atomic E-state index is -0.539. The van der Waals surface area contributed by atoms with E-state index >= 15 is 0 Å². The van der Waals surface area contributed by atoms with Gasteiger partial charge in [0.05, 0.1) is 16.5 Å². The van der Waals surface area contributed by atoms with Gasteiger partial charge in [-0.15, -0.1) is 0 Å². The molecule has 1 aliphatic heterocycles. The Hall–Kier alpha value is -2.21. The molecule has 1 aliphatic carbocycles. The molecule has 1 saturated carbocycles. The molecule has 6 heteroatoms. The number of rotatable bonds is 3. The SMILES string of the molecule is CC1=C(C(=O)Nc2ccccc2)C2(CCCCC2)C(C(N)=S)C(=N)O1. The average Bonchev–Trinajstić information content (AvgIpc) is 2.55. The predicted octanol–water partition coefficient (Wildman–Crippen LogP) is 3.76. The summed E-state index contributed by atoms with van der Waals surface area (Å²) in [6.45, 7) is 1.75. The number of hydrogen-bond acceptors (Lipinski definition) is 4. The third kappa shape index (κ3) is 3.18. The zero-order valence-electron chi connectivity index (χ0n) is 14.3. The van der Waals surface area contributed by atoms with Crippen molar-refractivity contribution in [3.8, 4) is 0 Å². The number of allylic oxidation sites excluding steroid dienone is 1. The molecule has 0 bridgehead atoms. The van der Waals surface area contributed by atoms with Crippen molar-refractivity contribution in [2.45, 2.75) is 39.0 Å². The van der Waals surface area contributed by atoms with E-state index in [1.165, 1.54) is 0 Å². The van der Waals surface area contributed by atoms with E-state index in [0.29, 0.717) is 11.3 Å². The zero-order chi connectivity index (χ0) is 18.0. The highest BCUT2D eigenvalue weighted by atomic mass is 32.1. The van der Waals surface area contributed by atoms with E-state index in [0.717, 1.165) is 37.8 Å². The molecule has 0 saturated heterocycles. The first-order chi connectivity index (χ1) is 12.0. The van der Waals surface area contributed by atoms with Gasteiger partial charge in [0.2, 0.25) is 0 Å². The lowest BCUT2D eigenvalue weighted by molar-refractivity contribution is -0.114. The van der Waals surface area contributed by atoms with Gasteiger partial charge in [0.1, 0.15) is 5.76 Å². The van der Waals surface area contributed by atoms with Crippen molar-refractivity contribution in [2.24, 2.45) is 17.1 Å². The van der Waals surface area contributed by atoms with Crippen molar-refractivity contribution in [1.29, 1.82) is 5.41 Å². The van der Waals surface area contributed by atoms with E-state index in [1.807, 2.05) is 30.3 Å². The van der Waals surface area contributed by atoms with Gasteiger partial charge >= 0.3 is 0 Å². The fraction of sp³-hybridized carbons (Fsp3) is 0.421. The molecular weight excluding hydrogens is 334 g/mol. The molecule has 1 spiro atoms. The molecule has 0 aromatic heterocycles. The molecule has 1 fully saturated rings. The van der Waals surface area contributed by atoms with Crippen LogP contribution in [-0.2, 0) is 9.53 Å². The van der Waals surface area contributed by atoms with Gasteiger partial charge in [-0.25, -0.2) is 0 Å². The molecule has 25 heavy (non-hydrogen) atoms. The van der Waals surface area contributed by atoms with Crippen molar-refractivity contribution in [3.05, 3.63) is 41.7 Å². The first kappa shape index (κ1) is 17.6. The van der Waals surface area contributed by atoms with Crippen LogP contribution in [0.25, 0.3) is 0 Å². The maximum atomic E-state index is 13.1. The average molecular weight is 357 g/mol. The smallest absolute Gasteiger partial charge is 0.255 e. The summed E-state index contributed by atoms with van der Waals surface area (Å²) in [5.41, 5.74) is 6.76. The number of carbonyl (C=O) groups excluding carboxylic acids is 1. The van der Waals surface area contributed by atoms with Crippen molar-refractivity contribution in [1.82, 2.24) is 0 Å². The maximum absolute atomic E-state index is 13.1. The fourth-order valence-corrected chi connectivity index (χ4v) is 4.58. The Labute approximate surface area is 153 Å². The summed E-state index contributed by atoms with van der Waals surface area (Å²) in [4.78, 5) is 13.3. The third-order valence-corrected chi connectivity index (χ3v) is 5.45. The van der Waals surface area contributed by atoms with E-state index in [9.17, 15) is 4.79 Å². The van der Waals surface area contributed by atoms with Gasteiger partial charge in [0, 0.05) is 11.1 Å². The summed E-state index contributed by atoms with van der Waals surface area (Å²) in [6.07, 6.45) is 4.67. The zero-order valence-corrected chi connectivity index (χ0v) is 15.1. The second-order valence-electron chi connectivity index (χ2n) is 6.77. The molecule has 4 N–H and O–H groups in total. The standard InChI is InChI=1S/C19H23N3O2S/c1-12-14(18(23)22-13-8-4-2-5-9-13)19(10-6-3-7-11-19)15(17(21)25)16(20)24-12/h2,4-5,8-9,15,20H,3,6-7,10-11H2,1H3,(H2,21,25)(H,22,23). The van der Waals surface area contributed by atoms with Gasteiger partial charge in [-0.05, 0) is 31.9 Å². The van der Waals surface area contributed by atoms with Crippen LogP contribution >= 0.6 is 12.2 Å². The van der Waals surface area contributed by atoms with Crippen LogP contribution in [0.15, 0.2) is 41.7 Å². The molecule has 1 aromatic carbocycles. The number of amides is 1. The summed E-state index contributed by atoms with van der Waals surface area (Å²) in [5, 5.41) is 11.2. The van der Waals surface area contributed by atoms with Crippen molar-refractivity contribution < 1.29 is 9.53 Å². The molecule has 5 nitrogen and oxygen atoms in total. The highest BCUT2D eigenvalue weighted by molar-refractivity contribution is 7.80. The number of benzene rings is 1. The molecular formula is C19H23N3O2S. The van der Waals surface area contributed by atoms with Gasteiger partial charge in [0.25, 0.3) is 5.91 Å². The first-order valence-corrected chi connectivity index (χ1v) is 9.00. The molecule has 2 aliphatic rings. The molecule has 1 aromatic rings. The van der Waals surface area contributed by atoms with Gasteiger partial charge in [-0.3, -0.25) is 10.2 Å². The lowest BCUT2D eigenvalue weighted by Gasteiger charge is -2.47. The van der Waals surface area contributed by atoms with Crippen LogP contribution in [0.1, 0.15) is 39.0 Å². The molecule has 132 valence electrons. The number of carbonyl (C=O) groups is 1. The third-order valence-electron chi connectivity index (χ3n) is 5.22. The number of para-hydroxylation sites is 1. The van der Waals surface area contributed by atoms with Crippen LogP contribution in [0.2, 0.25) is 0 Å². The summed E-state index contributed by atoms with van der Waals surface area (Å²) < 4.78 is 5.59. The van der Waals surface area contributed by atoms with Gasteiger partial charge in [-0.2, -0.15) is 0 Å². The van der Waals surface area contributed by atoms with E-state index in [1.54, 1.807) is 6.92 Å². The van der Waals surface area contributed by atoms with Crippen molar-refractivity contribution >= 4 is 34.7 Å². The topological polar surface area (TPSA) is 88.2 Å². The molecule has 0 radical (unpaired) electrons. The Morgan fingerprint density at radius 1 is 1.28 bits per heavy atom. The number of nitrogens with two attached hydrogens (primary N) is 1. The first-order valence-electron chi connectivity index (χ1n) is 8.59. The molecule has 1 amide bonds. The Morgan fingerprint density at radius 3 is 2.52 bits per heavy atom. The highest BCUT2D eigenvalue weighted by Crippen LogP contribution is 2.52. The lowest BCUT2D eigenvalue weighted by Crippen LogP contribution is -2.51. The minimum Gasteiger partial charge on any atom is -0.447 e. The number of hydrogen-bond donors (Lipinski definition) is 3. The van der Waals surface area contributed by atoms with E-state index < -0.39 is 11.3 Å². The Kier molecular flexibility index (Phi) is 4.90. The maximum Gasteiger partial charge on any atom is 0.255 e. The van der Waals surface area contributed by atoms with E-state index in [4.69, 9.17) is 28.1 Å². The molecule has 1 heterocycles. The second kappa shape index (κ2) is 6.96. The summed E-state index contributed by atoms with van der Waals surface area (Å²) >= 11 is 5.26. The normalized spacial score (nSPS) is 22.4. The Bertz CT molecular complexity index is 736. The van der Waals surface area contributed by atoms with Gasteiger partial charge in [0.15, 0.2) is 5.90 Å². The van der Waals surface area contributed by atoms with Crippen LogP contribution in [0.4, 0.5) is 5.69 Å². The number of anilines is 1. The monoisotopic (exact) mass is 357 g/mol. The van der Waals surface area contributed by atoms with E-state index in [-0.39, 0.29) is 16.8 Å². The number of ether oxygens (including phenoxy) is 1. The summed E-state index contributed by atoms with van der Waals surface area (Å²) in [5.74, 6) is -0.182. The van der Waals surface area contributed by atoms with Crippen LogP contribution in [0, 0.1) is 16.7 Å². The predicted molar refractivity (Wildman–Crippen MR) is 102 cm³/mol. The van der Waals surface area contributed by atoms with Crippen LogP contribution in [-0.4, -0.2) is 16.8 Å². The van der Waals surface area contributed by atoms with Gasteiger partial charge < -0.3 is 15.8 Å².